The van der Waals surface area contributed by atoms with E-state index >= 15 is 0 Å². The molecule has 0 aliphatic heterocycles. The Bertz CT molecular complexity index is 293. The molecule has 0 aromatic carbocycles. The van der Waals surface area contributed by atoms with E-state index in [4.69, 9.17) is 11.5 Å². The van der Waals surface area contributed by atoms with Gasteiger partial charge in [0.05, 0.1) is 12.3 Å². The van der Waals surface area contributed by atoms with Crippen molar-refractivity contribution in [2.24, 2.45) is 11.8 Å². The molecule has 1 amide bonds. The average Bonchev–Trinajstić information content (AvgIpc) is 2.63. The van der Waals surface area contributed by atoms with Crippen molar-refractivity contribution in [1.29, 1.82) is 0 Å². The number of nitrogens with one attached hydrogen (secondary N) is 1. The summed E-state index contributed by atoms with van der Waals surface area (Å²) in [4.78, 5) is 21.9. The summed E-state index contributed by atoms with van der Waals surface area (Å²) < 4.78 is 0. The van der Waals surface area contributed by atoms with Crippen LogP contribution in [-0.2, 0) is 9.59 Å². The molecule has 0 aromatic rings. The molecule has 2 atom stereocenters. The van der Waals surface area contributed by atoms with Crippen molar-refractivity contribution in [3.8, 4) is 12.3 Å². The largest absolute Gasteiger partial charge is 0.481 e. The molecule has 82 valence electrons. The molecule has 0 heterocycles. The van der Waals surface area contributed by atoms with Crippen LogP contribution in [0.2, 0.25) is 0 Å². The number of rotatable bonds is 4. The van der Waals surface area contributed by atoms with E-state index in [9.17, 15) is 9.59 Å². The van der Waals surface area contributed by atoms with Crippen LogP contribution in [0, 0.1) is 24.2 Å². The summed E-state index contributed by atoms with van der Waals surface area (Å²) >= 11 is 0. The van der Waals surface area contributed by atoms with Crippen LogP contribution >= 0.6 is 0 Å². The Morgan fingerprint density at radius 1 is 1.47 bits per heavy atom. The van der Waals surface area contributed by atoms with Gasteiger partial charge in [0.15, 0.2) is 0 Å². The molecule has 0 spiro atoms. The Hall–Kier alpha value is -1.50. The lowest BCUT2D eigenvalue weighted by atomic mass is 9.96. The number of hydrogen-bond acceptors (Lipinski definition) is 2. The molecule has 0 saturated heterocycles. The minimum Gasteiger partial charge on any atom is -0.481 e. The van der Waals surface area contributed by atoms with Crippen LogP contribution in [0.25, 0.3) is 0 Å². The first-order valence-electron chi connectivity index (χ1n) is 5.08. The van der Waals surface area contributed by atoms with Crippen LogP contribution in [0.1, 0.15) is 25.7 Å². The number of amides is 1. The van der Waals surface area contributed by atoms with Crippen molar-refractivity contribution in [2.75, 3.05) is 6.54 Å². The Balaban J connectivity index is 2.35. The van der Waals surface area contributed by atoms with Gasteiger partial charge in [0, 0.05) is 6.54 Å². The van der Waals surface area contributed by atoms with Crippen molar-refractivity contribution >= 4 is 11.9 Å². The van der Waals surface area contributed by atoms with Gasteiger partial charge in [0.1, 0.15) is 0 Å². The normalized spacial score (nSPS) is 24.5. The Morgan fingerprint density at radius 3 is 2.80 bits per heavy atom. The topological polar surface area (TPSA) is 66.4 Å². The second-order valence-corrected chi connectivity index (χ2v) is 3.82. The predicted molar refractivity (Wildman–Crippen MR) is 54.9 cm³/mol. The minimum absolute atomic E-state index is 0.0595. The van der Waals surface area contributed by atoms with E-state index in [1.54, 1.807) is 0 Å². The van der Waals surface area contributed by atoms with Gasteiger partial charge in [-0.05, 0) is 18.8 Å². The fourth-order valence-electron chi connectivity index (χ4n) is 2.01. The van der Waals surface area contributed by atoms with Gasteiger partial charge in [0.2, 0.25) is 5.91 Å². The third kappa shape index (κ3) is 3.28. The van der Waals surface area contributed by atoms with Crippen LogP contribution in [0.4, 0.5) is 0 Å². The molecular formula is C11H15NO3. The Labute approximate surface area is 89.0 Å². The standard InChI is InChI=1S/C11H15NO3/c1-2-4-10(13)12-7-8-5-3-6-9(8)11(14)15/h1,8-9H,3-7H2,(H,12,13)(H,14,15). The first-order chi connectivity index (χ1) is 7.15. The number of carboxylic acid groups (broad SMARTS) is 1. The molecule has 1 rings (SSSR count). The minimum atomic E-state index is -0.760. The van der Waals surface area contributed by atoms with Gasteiger partial charge in [-0.25, -0.2) is 0 Å². The SMILES string of the molecule is C#CCC(=O)NCC1CCCC1C(=O)O. The fraction of sp³-hybridized carbons (Fsp3) is 0.636. The zero-order chi connectivity index (χ0) is 11.3. The number of carbonyl (C=O) groups is 2. The monoisotopic (exact) mass is 209 g/mol. The third-order valence-electron chi connectivity index (χ3n) is 2.80. The van der Waals surface area contributed by atoms with Crippen molar-refractivity contribution < 1.29 is 14.7 Å². The van der Waals surface area contributed by atoms with Gasteiger partial charge in [-0.15, -0.1) is 6.42 Å². The zero-order valence-corrected chi connectivity index (χ0v) is 8.53. The van der Waals surface area contributed by atoms with Crippen LogP contribution in [0.3, 0.4) is 0 Å². The van der Waals surface area contributed by atoms with Gasteiger partial charge in [-0.2, -0.15) is 0 Å². The number of carboxylic acids is 1. The molecule has 15 heavy (non-hydrogen) atoms. The Kier molecular flexibility index (Phi) is 4.17. The third-order valence-corrected chi connectivity index (χ3v) is 2.80. The van der Waals surface area contributed by atoms with E-state index in [0.29, 0.717) is 13.0 Å². The van der Waals surface area contributed by atoms with Gasteiger partial charge in [0.25, 0.3) is 0 Å². The second kappa shape index (κ2) is 5.40. The summed E-state index contributed by atoms with van der Waals surface area (Å²) in [6, 6.07) is 0. The van der Waals surface area contributed by atoms with Crippen molar-refractivity contribution in [3.63, 3.8) is 0 Å². The molecule has 1 saturated carbocycles. The molecule has 0 radical (unpaired) electrons. The highest BCUT2D eigenvalue weighted by atomic mass is 16.4. The van der Waals surface area contributed by atoms with Crippen molar-refractivity contribution in [2.45, 2.75) is 25.7 Å². The molecule has 0 aromatic heterocycles. The van der Waals surface area contributed by atoms with Crippen LogP contribution in [0.15, 0.2) is 0 Å². The molecule has 2 N–H and O–H groups in total. The summed E-state index contributed by atoms with van der Waals surface area (Å²) in [6.07, 6.45) is 7.55. The van der Waals surface area contributed by atoms with Crippen LogP contribution < -0.4 is 5.32 Å². The van der Waals surface area contributed by atoms with E-state index < -0.39 is 5.97 Å². The van der Waals surface area contributed by atoms with Gasteiger partial charge in [-0.1, -0.05) is 12.3 Å². The number of carbonyl (C=O) groups excluding carboxylic acids is 1. The number of aliphatic carboxylic acids is 1. The lowest BCUT2D eigenvalue weighted by Crippen LogP contribution is -2.32. The summed E-state index contributed by atoms with van der Waals surface area (Å²) in [5.41, 5.74) is 0. The lowest BCUT2D eigenvalue weighted by molar-refractivity contribution is -0.143. The molecule has 2 unspecified atom stereocenters. The number of hydrogen-bond donors (Lipinski definition) is 2. The highest BCUT2D eigenvalue weighted by molar-refractivity contribution is 5.78. The van der Waals surface area contributed by atoms with E-state index in [-0.39, 0.29) is 24.2 Å². The first kappa shape index (κ1) is 11.6. The summed E-state index contributed by atoms with van der Waals surface area (Å²) in [5.74, 6) is 1.04. The quantitative estimate of drug-likeness (QED) is 0.667. The highest BCUT2D eigenvalue weighted by Crippen LogP contribution is 2.31. The van der Waals surface area contributed by atoms with E-state index in [2.05, 4.69) is 11.2 Å². The molecule has 4 nitrogen and oxygen atoms in total. The smallest absolute Gasteiger partial charge is 0.306 e. The van der Waals surface area contributed by atoms with E-state index in [1.165, 1.54) is 0 Å². The van der Waals surface area contributed by atoms with Crippen LogP contribution in [0.5, 0.6) is 0 Å². The number of terminal acetylenes is 1. The summed E-state index contributed by atoms with van der Waals surface area (Å²) in [5, 5.41) is 11.6. The van der Waals surface area contributed by atoms with Gasteiger partial charge in [-0.3, -0.25) is 9.59 Å². The second-order valence-electron chi connectivity index (χ2n) is 3.82. The van der Waals surface area contributed by atoms with Gasteiger partial charge < -0.3 is 10.4 Å². The zero-order valence-electron chi connectivity index (χ0n) is 8.53. The summed E-state index contributed by atoms with van der Waals surface area (Å²) in [7, 11) is 0. The van der Waals surface area contributed by atoms with E-state index in [0.717, 1.165) is 12.8 Å². The molecular weight excluding hydrogens is 194 g/mol. The molecule has 1 fully saturated rings. The molecule has 4 heteroatoms. The first-order valence-corrected chi connectivity index (χ1v) is 5.08. The van der Waals surface area contributed by atoms with Gasteiger partial charge >= 0.3 is 5.97 Å². The average molecular weight is 209 g/mol. The van der Waals surface area contributed by atoms with Crippen molar-refractivity contribution in [1.82, 2.24) is 5.32 Å². The maximum Gasteiger partial charge on any atom is 0.306 e. The van der Waals surface area contributed by atoms with Crippen molar-refractivity contribution in [3.05, 3.63) is 0 Å². The summed E-state index contributed by atoms with van der Waals surface area (Å²) in [6.45, 7) is 0.428. The Morgan fingerprint density at radius 2 is 2.20 bits per heavy atom. The maximum atomic E-state index is 11.1. The molecule has 0 bridgehead atoms. The molecule has 1 aliphatic rings. The fourth-order valence-corrected chi connectivity index (χ4v) is 2.01. The van der Waals surface area contributed by atoms with Crippen LogP contribution in [-0.4, -0.2) is 23.5 Å². The molecule has 1 aliphatic carbocycles. The maximum absolute atomic E-state index is 11.1. The van der Waals surface area contributed by atoms with E-state index in [1.807, 2.05) is 0 Å². The lowest BCUT2D eigenvalue weighted by Gasteiger charge is -2.15. The highest BCUT2D eigenvalue weighted by Gasteiger charge is 2.32. The predicted octanol–water partition coefficient (Wildman–Crippen LogP) is 0.627.